The molecule has 0 saturated carbocycles. The molecule has 1 saturated heterocycles. The van der Waals surface area contributed by atoms with Crippen LogP contribution in [0.15, 0.2) is 68.9 Å². The Morgan fingerprint density at radius 3 is 2.56 bits per heavy atom. The summed E-state index contributed by atoms with van der Waals surface area (Å²) in [4.78, 5) is 27.7. The zero-order chi connectivity index (χ0) is 25.5. The van der Waals surface area contributed by atoms with Crippen LogP contribution in [0.1, 0.15) is 49.7 Å². The van der Waals surface area contributed by atoms with Gasteiger partial charge in [-0.05, 0) is 50.6 Å². The summed E-state index contributed by atoms with van der Waals surface area (Å²) in [7, 11) is 0. The van der Waals surface area contributed by atoms with Gasteiger partial charge >= 0.3 is 5.63 Å². The van der Waals surface area contributed by atoms with Crippen LogP contribution in [0, 0.1) is 17.2 Å². The topological polar surface area (TPSA) is 119 Å². The molecule has 0 radical (unpaired) electrons. The van der Waals surface area contributed by atoms with Crippen LogP contribution in [0.3, 0.4) is 0 Å². The number of nitrogens with one attached hydrogen (secondary N) is 1. The van der Waals surface area contributed by atoms with Crippen molar-refractivity contribution < 1.29 is 14.3 Å². The molecule has 1 aromatic heterocycles. The van der Waals surface area contributed by atoms with E-state index in [4.69, 9.17) is 9.68 Å². The number of likely N-dealkylation sites (tertiary alicyclic amines) is 1. The molecule has 1 amide bonds. The van der Waals surface area contributed by atoms with Gasteiger partial charge in [-0.1, -0.05) is 48.9 Å². The van der Waals surface area contributed by atoms with Crippen molar-refractivity contribution in [1.82, 2.24) is 10.3 Å². The smallest absolute Gasteiger partial charge is 0.343 e. The number of hydrogen-bond acceptors (Lipinski definition) is 7. The molecule has 0 aliphatic carbocycles. The Kier molecular flexibility index (Phi) is 8.13. The van der Waals surface area contributed by atoms with E-state index in [9.17, 15) is 14.7 Å². The first-order valence-electron chi connectivity index (χ1n) is 12.2. The second-order valence-corrected chi connectivity index (χ2v) is 9.13. The molecule has 1 aliphatic heterocycles. The zero-order valence-electron chi connectivity index (χ0n) is 20.3. The maximum atomic E-state index is 13.4. The van der Waals surface area contributed by atoms with Crippen LogP contribution in [-0.4, -0.2) is 41.3 Å². The predicted octanol–water partition coefficient (Wildman–Crippen LogP) is 4.14. The van der Waals surface area contributed by atoms with E-state index in [0.717, 1.165) is 31.5 Å². The van der Waals surface area contributed by atoms with Gasteiger partial charge in [-0.2, -0.15) is 10.4 Å². The van der Waals surface area contributed by atoms with Crippen LogP contribution in [0.25, 0.3) is 11.0 Å². The van der Waals surface area contributed by atoms with E-state index in [1.807, 2.05) is 36.4 Å². The van der Waals surface area contributed by atoms with Gasteiger partial charge in [-0.3, -0.25) is 4.79 Å². The molecule has 36 heavy (non-hydrogen) atoms. The third-order valence-electron chi connectivity index (χ3n) is 6.73. The molecule has 186 valence electrons. The number of benzene rings is 2. The molecule has 2 heterocycles. The fourth-order valence-corrected chi connectivity index (χ4v) is 4.93. The van der Waals surface area contributed by atoms with E-state index in [-0.39, 0.29) is 23.7 Å². The van der Waals surface area contributed by atoms with Crippen LogP contribution >= 0.6 is 0 Å². The molecule has 3 aromatic rings. The Bertz CT molecular complexity index is 1340. The molecule has 0 bridgehead atoms. The summed E-state index contributed by atoms with van der Waals surface area (Å²) >= 11 is 0. The number of nitriles is 1. The van der Waals surface area contributed by atoms with E-state index in [2.05, 4.69) is 15.4 Å². The number of para-hydroxylation sites is 1. The van der Waals surface area contributed by atoms with E-state index >= 15 is 0 Å². The fourth-order valence-electron chi connectivity index (χ4n) is 4.93. The van der Waals surface area contributed by atoms with Crippen molar-refractivity contribution in [1.29, 1.82) is 5.26 Å². The van der Waals surface area contributed by atoms with Crippen molar-refractivity contribution in [2.45, 2.75) is 38.5 Å². The van der Waals surface area contributed by atoms with Crippen LogP contribution in [0.2, 0.25) is 0 Å². The number of carbonyl (C=O) groups excluding carboxylic acids is 1. The van der Waals surface area contributed by atoms with Crippen molar-refractivity contribution in [3.63, 3.8) is 0 Å². The molecule has 8 heteroatoms. The van der Waals surface area contributed by atoms with Gasteiger partial charge in [0.2, 0.25) is 0 Å². The number of fused-ring (bicyclic) bond motifs is 1. The van der Waals surface area contributed by atoms with E-state index in [1.165, 1.54) is 6.42 Å². The normalized spacial score (nSPS) is 16.3. The molecule has 2 N–H and O–H groups in total. The van der Waals surface area contributed by atoms with Crippen molar-refractivity contribution in [2.24, 2.45) is 11.0 Å². The second kappa shape index (κ2) is 11.6. The lowest BCUT2D eigenvalue weighted by atomic mass is 9.78. The minimum Gasteiger partial charge on any atom is -0.507 e. The van der Waals surface area contributed by atoms with Gasteiger partial charge < -0.3 is 14.4 Å². The predicted molar refractivity (Wildman–Crippen MR) is 138 cm³/mol. The van der Waals surface area contributed by atoms with Crippen molar-refractivity contribution in [2.75, 3.05) is 19.6 Å². The average molecular weight is 487 g/mol. The zero-order valence-corrected chi connectivity index (χ0v) is 20.3. The number of carbonyl (C=O) groups is 1. The van der Waals surface area contributed by atoms with Crippen LogP contribution in [0.4, 0.5) is 0 Å². The quantitative estimate of drug-likeness (QED) is 0.281. The Hall–Kier alpha value is -3.96. The minimum absolute atomic E-state index is 0.110. The lowest BCUT2D eigenvalue weighted by Gasteiger charge is -2.34. The van der Waals surface area contributed by atoms with Gasteiger partial charge in [0.25, 0.3) is 5.91 Å². The number of nitrogens with zero attached hydrogens (tertiary/aromatic N) is 3. The molecule has 1 fully saturated rings. The summed E-state index contributed by atoms with van der Waals surface area (Å²) in [5.74, 6) is -1.55. The van der Waals surface area contributed by atoms with E-state index < -0.39 is 17.5 Å². The summed E-state index contributed by atoms with van der Waals surface area (Å²) in [6, 6.07) is 18.2. The summed E-state index contributed by atoms with van der Waals surface area (Å²) in [6.07, 6.45) is 3.04. The van der Waals surface area contributed by atoms with Gasteiger partial charge in [-0.15, -0.1) is 0 Å². The lowest BCUT2D eigenvalue weighted by Crippen LogP contribution is -2.40. The largest absolute Gasteiger partial charge is 0.507 e. The average Bonchev–Trinajstić information content (AvgIpc) is 2.90. The first-order valence-corrected chi connectivity index (χ1v) is 12.2. The summed E-state index contributed by atoms with van der Waals surface area (Å²) in [6.45, 7) is 4.22. The molecule has 1 aliphatic rings. The van der Waals surface area contributed by atoms with Gasteiger partial charge in [0.1, 0.15) is 17.8 Å². The second-order valence-electron chi connectivity index (χ2n) is 9.13. The van der Waals surface area contributed by atoms with Crippen molar-refractivity contribution in [3.05, 3.63) is 76.1 Å². The molecule has 4 rings (SSSR count). The van der Waals surface area contributed by atoms with Gasteiger partial charge in [0.05, 0.1) is 17.0 Å². The van der Waals surface area contributed by atoms with Crippen molar-refractivity contribution in [3.8, 4) is 11.8 Å². The van der Waals surface area contributed by atoms with Crippen molar-refractivity contribution >= 4 is 22.6 Å². The number of hydrogen-bond donors (Lipinski definition) is 2. The number of rotatable bonds is 8. The monoisotopic (exact) mass is 486 g/mol. The summed E-state index contributed by atoms with van der Waals surface area (Å²) in [5, 5.41) is 25.0. The SMILES string of the molecule is C/C(=N\NC(=O)CC#N)[C@H](CN1CCCCC1)[C@@H](c1ccccc1)c1c(O)c2ccccc2oc1=O. The van der Waals surface area contributed by atoms with E-state index in [0.29, 0.717) is 23.2 Å². The molecular formula is C28H30N4O4. The summed E-state index contributed by atoms with van der Waals surface area (Å²) in [5.41, 5.74) is 3.76. The highest BCUT2D eigenvalue weighted by molar-refractivity contribution is 5.89. The highest BCUT2D eigenvalue weighted by atomic mass is 16.4. The summed E-state index contributed by atoms with van der Waals surface area (Å²) < 4.78 is 5.65. The molecule has 0 spiro atoms. The molecule has 8 nitrogen and oxygen atoms in total. The van der Waals surface area contributed by atoms with Crippen LogP contribution in [-0.2, 0) is 4.79 Å². The Balaban J connectivity index is 1.87. The number of amides is 1. The third kappa shape index (κ3) is 5.64. The molecule has 2 atom stereocenters. The third-order valence-corrected chi connectivity index (χ3v) is 6.73. The molecule has 0 unspecified atom stereocenters. The van der Waals surface area contributed by atoms with Gasteiger partial charge in [0, 0.05) is 24.1 Å². The maximum absolute atomic E-state index is 13.4. The molecular weight excluding hydrogens is 456 g/mol. The first kappa shape index (κ1) is 25.1. The number of piperidine rings is 1. The Morgan fingerprint density at radius 1 is 1.14 bits per heavy atom. The Labute approximate surface area is 209 Å². The minimum atomic E-state index is -0.606. The van der Waals surface area contributed by atoms with Crippen LogP contribution in [0.5, 0.6) is 5.75 Å². The standard InChI is InChI=1S/C28H30N4O4/c1-19(30-31-24(33)14-15-29)22(18-32-16-8-3-9-17-32)25(20-10-4-2-5-11-20)26-27(34)21-12-6-7-13-23(21)36-28(26)35/h2,4-7,10-13,22,25,34H,3,8-9,14,16-18H2,1H3,(H,31,33)/b30-19+/t22-,25+/m0/s1. The highest BCUT2D eigenvalue weighted by Gasteiger charge is 2.35. The maximum Gasteiger partial charge on any atom is 0.343 e. The molecule has 2 aromatic carbocycles. The number of aromatic hydroxyl groups is 1. The number of hydrazone groups is 1. The highest BCUT2D eigenvalue weighted by Crippen LogP contribution is 2.39. The van der Waals surface area contributed by atoms with Crippen LogP contribution < -0.4 is 11.1 Å². The van der Waals surface area contributed by atoms with Gasteiger partial charge in [-0.25, -0.2) is 10.2 Å². The fraction of sp³-hybridized carbons (Fsp3) is 0.357. The Morgan fingerprint density at radius 2 is 1.83 bits per heavy atom. The lowest BCUT2D eigenvalue weighted by molar-refractivity contribution is -0.120. The van der Waals surface area contributed by atoms with E-state index in [1.54, 1.807) is 31.2 Å². The first-order chi connectivity index (χ1) is 17.5. The van der Waals surface area contributed by atoms with Gasteiger partial charge in [0.15, 0.2) is 0 Å².